The van der Waals surface area contributed by atoms with Gasteiger partial charge in [-0.1, -0.05) is 35.9 Å². The molecule has 1 N–H and O–H groups in total. The number of nitrogens with one attached hydrogen (secondary N) is 1. The summed E-state index contributed by atoms with van der Waals surface area (Å²) in [6, 6.07) is 14.7. The van der Waals surface area contributed by atoms with Crippen LogP contribution in [0.4, 0.5) is 10.1 Å². The molecule has 1 aromatic heterocycles. The van der Waals surface area contributed by atoms with Crippen molar-refractivity contribution in [2.75, 3.05) is 31.1 Å². The fourth-order valence-electron chi connectivity index (χ4n) is 3.55. The lowest BCUT2D eigenvalue weighted by Crippen LogP contribution is -2.49. The van der Waals surface area contributed by atoms with Gasteiger partial charge in [-0.3, -0.25) is 4.79 Å². The minimum absolute atomic E-state index is 0.00491. The van der Waals surface area contributed by atoms with E-state index in [2.05, 4.69) is 10.2 Å². The van der Waals surface area contributed by atoms with Gasteiger partial charge in [0, 0.05) is 32.7 Å². The largest absolute Gasteiger partial charge is 0.368 e. The molecule has 0 atom stereocenters. The second-order valence-electron chi connectivity index (χ2n) is 7.27. The second kappa shape index (κ2) is 9.58. The average Bonchev–Trinajstić information content (AvgIpc) is 3.30. The van der Waals surface area contributed by atoms with Crippen LogP contribution in [0.2, 0.25) is 5.02 Å². The summed E-state index contributed by atoms with van der Waals surface area (Å²) in [4.78, 5) is 14.9. The highest BCUT2D eigenvalue weighted by Crippen LogP contribution is 2.29. The van der Waals surface area contributed by atoms with Crippen LogP contribution in [0, 0.1) is 5.82 Å². The summed E-state index contributed by atoms with van der Waals surface area (Å²) in [5, 5.41) is 4.94. The zero-order valence-corrected chi connectivity index (χ0v) is 19.4. The number of carbonyl (C=O) groups excluding carboxylic acids is 1. The molecule has 4 rings (SSSR count). The predicted octanol–water partition coefficient (Wildman–Crippen LogP) is 3.98. The lowest BCUT2D eigenvalue weighted by Gasteiger charge is -2.35. The summed E-state index contributed by atoms with van der Waals surface area (Å²) < 4.78 is 41.0. The molecule has 2 aromatic carbocycles. The van der Waals surface area contributed by atoms with Gasteiger partial charge in [-0.05, 0) is 41.3 Å². The first kappa shape index (κ1) is 22.7. The molecule has 10 heteroatoms. The summed E-state index contributed by atoms with van der Waals surface area (Å²) in [6.45, 7) is 1.76. The van der Waals surface area contributed by atoms with Gasteiger partial charge in [0.05, 0.1) is 10.7 Å². The number of amides is 1. The van der Waals surface area contributed by atoms with E-state index in [1.54, 1.807) is 17.5 Å². The Balaban J connectivity index is 1.44. The van der Waals surface area contributed by atoms with Crippen LogP contribution in [0.25, 0.3) is 0 Å². The lowest BCUT2D eigenvalue weighted by molar-refractivity contribution is 0.0952. The Morgan fingerprint density at radius 3 is 2.41 bits per heavy atom. The molecule has 0 bridgehead atoms. The van der Waals surface area contributed by atoms with Crippen LogP contribution in [0.15, 0.2) is 64.9 Å². The minimum Gasteiger partial charge on any atom is -0.368 e. The van der Waals surface area contributed by atoms with Crippen molar-refractivity contribution in [3.8, 4) is 0 Å². The fraction of sp³-hybridized carbons (Fsp3) is 0.227. The first-order chi connectivity index (χ1) is 15.4. The quantitative estimate of drug-likeness (QED) is 0.564. The number of para-hydroxylation sites is 1. The summed E-state index contributed by atoms with van der Waals surface area (Å²) in [5.41, 5.74) is 1.60. The molecule has 0 spiro atoms. The van der Waals surface area contributed by atoms with Gasteiger partial charge < -0.3 is 10.2 Å². The minimum atomic E-state index is -3.83. The van der Waals surface area contributed by atoms with Gasteiger partial charge in [0.25, 0.3) is 5.91 Å². The fourth-order valence-corrected chi connectivity index (χ4v) is 6.54. The van der Waals surface area contributed by atoms with Gasteiger partial charge in [-0.2, -0.15) is 4.31 Å². The standard InChI is InChI=1S/C22H21ClFN3O3S2/c23-18-3-1-2-4-19(18)26-10-12-27(13-11-26)32(29,30)20-9-14-31-21(20)22(28)25-15-16-5-7-17(24)8-6-16/h1-9,14H,10-13,15H2,(H,25,28). The summed E-state index contributed by atoms with van der Waals surface area (Å²) in [7, 11) is -3.83. The number of halogens is 2. The third-order valence-corrected chi connectivity index (χ3v) is 8.55. The van der Waals surface area contributed by atoms with E-state index in [4.69, 9.17) is 11.6 Å². The Labute approximate surface area is 195 Å². The van der Waals surface area contributed by atoms with Crippen molar-refractivity contribution < 1.29 is 17.6 Å². The van der Waals surface area contributed by atoms with Crippen LogP contribution < -0.4 is 10.2 Å². The maximum atomic E-state index is 13.3. The predicted molar refractivity (Wildman–Crippen MR) is 124 cm³/mol. The van der Waals surface area contributed by atoms with Crippen LogP contribution in [0.5, 0.6) is 0 Å². The number of thiophene rings is 1. The molecule has 1 aliphatic rings. The molecule has 2 heterocycles. The maximum Gasteiger partial charge on any atom is 0.263 e. The molecule has 32 heavy (non-hydrogen) atoms. The van der Waals surface area contributed by atoms with Crippen LogP contribution >= 0.6 is 22.9 Å². The number of piperazine rings is 1. The molecule has 1 saturated heterocycles. The van der Waals surface area contributed by atoms with Crippen LogP contribution in [-0.4, -0.2) is 44.8 Å². The molecular weight excluding hydrogens is 473 g/mol. The molecule has 0 aliphatic carbocycles. The number of hydrogen-bond acceptors (Lipinski definition) is 5. The van der Waals surface area contributed by atoms with Gasteiger partial charge in [0.15, 0.2) is 0 Å². The van der Waals surface area contributed by atoms with E-state index in [1.165, 1.54) is 22.5 Å². The van der Waals surface area contributed by atoms with Crippen molar-refractivity contribution in [1.82, 2.24) is 9.62 Å². The number of hydrogen-bond donors (Lipinski definition) is 1. The van der Waals surface area contributed by atoms with E-state index < -0.39 is 15.9 Å². The van der Waals surface area contributed by atoms with Gasteiger partial charge in [-0.15, -0.1) is 11.3 Å². The molecule has 1 fully saturated rings. The van der Waals surface area contributed by atoms with E-state index in [1.807, 2.05) is 24.3 Å². The normalized spacial score (nSPS) is 15.0. The molecular formula is C22H21ClFN3O3S2. The number of nitrogens with zero attached hydrogens (tertiary/aromatic N) is 2. The Morgan fingerprint density at radius 2 is 1.72 bits per heavy atom. The third-order valence-electron chi connectivity index (χ3n) is 5.25. The SMILES string of the molecule is O=C(NCc1ccc(F)cc1)c1sccc1S(=O)(=O)N1CCN(c2ccccc2Cl)CC1. The molecule has 168 valence electrons. The first-order valence-corrected chi connectivity index (χ1v) is 12.7. The average molecular weight is 494 g/mol. The highest BCUT2D eigenvalue weighted by Gasteiger charge is 2.32. The topological polar surface area (TPSA) is 69.7 Å². The van der Waals surface area contributed by atoms with Crippen molar-refractivity contribution in [3.05, 3.63) is 81.3 Å². The highest BCUT2D eigenvalue weighted by atomic mass is 35.5. The van der Waals surface area contributed by atoms with E-state index in [9.17, 15) is 17.6 Å². The first-order valence-electron chi connectivity index (χ1n) is 9.96. The Kier molecular flexibility index (Phi) is 6.80. The molecule has 3 aromatic rings. The van der Waals surface area contributed by atoms with Gasteiger partial charge >= 0.3 is 0 Å². The number of benzene rings is 2. The third kappa shape index (κ3) is 4.80. The summed E-state index contributed by atoms with van der Waals surface area (Å²) in [5.74, 6) is -0.834. The van der Waals surface area contributed by atoms with Gasteiger partial charge in [0.1, 0.15) is 15.6 Å². The molecule has 0 radical (unpaired) electrons. The molecule has 6 nitrogen and oxygen atoms in total. The van der Waals surface area contributed by atoms with Crippen molar-refractivity contribution >= 4 is 44.6 Å². The van der Waals surface area contributed by atoms with E-state index in [-0.39, 0.29) is 22.1 Å². The van der Waals surface area contributed by atoms with Crippen LogP contribution in [-0.2, 0) is 16.6 Å². The van der Waals surface area contributed by atoms with E-state index in [0.717, 1.165) is 22.6 Å². The van der Waals surface area contributed by atoms with Crippen molar-refractivity contribution in [2.45, 2.75) is 11.4 Å². The van der Waals surface area contributed by atoms with Crippen molar-refractivity contribution in [2.24, 2.45) is 0 Å². The zero-order valence-electron chi connectivity index (χ0n) is 17.0. The Bertz CT molecular complexity index is 1210. The van der Waals surface area contributed by atoms with E-state index in [0.29, 0.717) is 31.2 Å². The number of sulfonamides is 1. The van der Waals surface area contributed by atoms with Crippen LogP contribution in [0.3, 0.4) is 0 Å². The van der Waals surface area contributed by atoms with E-state index >= 15 is 0 Å². The van der Waals surface area contributed by atoms with Crippen LogP contribution in [0.1, 0.15) is 15.2 Å². The monoisotopic (exact) mass is 493 g/mol. The molecule has 0 saturated carbocycles. The smallest absolute Gasteiger partial charge is 0.263 e. The number of rotatable bonds is 6. The Hall–Kier alpha value is -2.46. The van der Waals surface area contributed by atoms with Gasteiger partial charge in [0.2, 0.25) is 10.0 Å². The summed E-state index contributed by atoms with van der Waals surface area (Å²) in [6.07, 6.45) is 0. The lowest BCUT2D eigenvalue weighted by atomic mass is 10.2. The van der Waals surface area contributed by atoms with Crippen molar-refractivity contribution in [3.63, 3.8) is 0 Å². The highest BCUT2D eigenvalue weighted by molar-refractivity contribution is 7.89. The van der Waals surface area contributed by atoms with Gasteiger partial charge in [-0.25, -0.2) is 12.8 Å². The zero-order chi connectivity index (χ0) is 22.7. The summed E-state index contributed by atoms with van der Waals surface area (Å²) >= 11 is 7.35. The Morgan fingerprint density at radius 1 is 1.03 bits per heavy atom. The molecule has 1 amide bonds. The molecule has 0 unspecified atom stereocenters. The second-order valence-corrected chi connectivity index (χ2v) is 10.5. The van der Waals surface area contributed by atoms with Crippen molar-refractivity contribution in [1.29, 1.82) is 0 Å². The molecule has 1 aliphatic heterocycles. The number of anilines is 1. The number of carbonyl (C=O) groups is 1. The maximum absolute atomic E-state index is 13.3.